The molecule has 0 radical (unpaired) electrons. The Morgan fingerprint density at radius 3 is 2.12 bits per heavy atom. The SMILES string of the molecule is CCC[CH2][Sn](/[CH]=C\c1ccc([C@H]2C[C@@H]3CC[C@H]([C@H]2C(=O)OC)N3C)cc1)([CH2]CCC)[CH2]CCC. The van der Waals surface area contributed by atoms with Crippen molar-refractivity contribution in [2.24, 2.45) is 5.92 Å². The molecule has 0 unspecified atom stereocenters. The first-order valence-electron chi connectivity index (χ1n) is 14.1. The van der Waals surface area contributed by atoms with Crippen molar-refractivity contribution < 1.29 is 9.53 Å². The Hall–Kier alpha value is -0.811. The zero-order valence-electron chi connectivity index (χ0n) is 22.5. The second kappa shape index (κ2) is 13.5. The van der Waals surface area contributed by atoms with E-state index in [0.717, 1.165) is 12.8 Å². The zero-order valence-corrected chi connectivity index (χ0v) is 25.4. The van der Waals surface area contributed by atoms with Gasteiger partial charge in [-0.25, -0.2) is 0 Å². The van der Waals surface area contributed by atoms with E-state index in [1.54, 1.807) is 7.11 Å². The number of ether oxygens (including phenoxy) is 1. The van der Waals surface area contributed by atoms with Gasteiger partial charge in [0.2, 0.25) is 0 Å². The van der Waals surface area contributed by atoms with Crippen LogP contribution < -0.4 is 0 Å². The van der Waals surface area contributed by atoms with Gasteiger partial charge in [-0.15, -0.1) is 0 Å². The van der Waals surface area contributed by atoms with Gasteiger partial charge < -0.3 is 0 Å². The molecule has 4 heteroatoms. The van der Waals surface area contributed by atoms with Gasteiger partial charge in [-0.3, -0.25) is 0 Å². The molecule has 190 valence electrons. The average molecular weight is 574 g/mol. The average Bonchev–Trinajstić information content (AvgIpc) is 3.09. The number of hydrogen-bond donors (Lipinski definition) is 0. The van der Waals surface area contributed by atoms with Crippen molar-refractivity contribution in [3.8, 4) is 0 Å². The van der Waals surface area contributed by atoms with E-state index >= 15 is 0 Å². The summed E-state index contributed by atoms with van der Waals surface area (Å²) >= 11 is -2.26. The Balaban J connectivity index is 1.79. The molecule has 0 amide bonds. The number of carbonyl (C=O) groups is 1. The predicted molar refractivity (Wildman–Crippen MR) is 148 cm³/mol. The number of unbranched alkanes of at least 4 members (excludes halogenated alkanes) is 3. The van der Waals surface area contributed by atoms with E-state index < -0.39 is 18.4 Å². The molecule has 2 saturated heterocycles. The zero-order chi connectivity index (χ0) is 24.6. The fourth-order valence-corrected chi connectivity index (χ4v) is 20.8. The molecule has 2 heterocycles. The number of piperidine rings is 1. The number of nitrogens with zero attached hydrogens (tertiary/aromatic N) is 1. The van der Waals surface area contributed by atoms with Crippen LogP contribution in [0.3, 0.4) is 0 Å². The normalized spacial score (nSPS) is 25.2. The van der Waals surface area contributed by atoms with Gasteiger partial charge in [0.15, 0.2) is 0 Å². The number of benzene rings is 1. The van der Waals surface area contributed by atoms with Gasteiger partial charge in [0.05, 0.1) is 0 Å². The summed E-state index contributed by atoms with van der Waals surface area (Å²) in [6.45, 7) is 7.03. The molecule has 4 atom stereocenters. The van der Waals surface area contributed by atoms with Crippen molar-refractivity contribution in [1.82, 2.24) is 4.90 Å². The van der Waals surface area contributed by atoms with Crippen LogP contribution in [0.15, 0.2) is 28.4 Å². The molecule has 2 fully saturated rings. The summed E-state index contributed by atoms with van der Waals surface area (Å²) in [6.07, 6.45) is 14.0. The van der Waals surface area contributed by atoms with E-state index in [2.05, 4.69) is 67.2 Å². The molecule has 0 N–H and O–H groups in total. The van der Waals surface area contributed by atoms with Crippen LogP contribution in [0.1, 0.15) is 95.6 Å². The molecule has 34 heavy (non-hydrogen) atoms. The summed E-state index contributed by atoms with van der Waals surface area (Å²) in [4.78, 5) is 15.2. The van der Waals surface area contributed by atoms with Crippen LogP contribution in [0.5, 0.6) is 0 Å². The molecule has 0 aromatic heterocycles. The van der Waals surface area contributed by atoms with Gasteiger partial charge in [-0.2, -0.15) is 0 Å². The van der Waals surface area contributed by atoms with Crippen molar-refractivity contribution in [2.75, 3.05) is 14.2 Å². The van der Waals surface area contributed by atoms with Crippen molar-refractivity contribution in [2.45, 2.75) is 110 Å². The summed E-state index contributed by atoms with van der Waals surface area (Å²) in [5.41, 5.74) is 2.65. The first-order chi connectivity index (χ1) is 16.5. The fraction of sp³-hybridized carbons (Fsp3) is 0.700. The second-order valence-electron chi connectivity index (χ2n) is 11.0. The van der Waals surface area contributed by atoms with E-state index in [9.17, 15) is 4.79 Å². The number of methoxy groups -OCH3 is 1. The van der Waals surface area contributed by atoms with Crippen LogP contribution in [0.4, 0.5) is 0 Å². The van der Waals surface area contributed by atoms with E-state index in [1.807, 2.05) is 0 Å². The van der Waals surface area contributed by atoms with Gasteiger partial charge in [-0.1, -0.05) is 0 Å². The van der Waals surface area contributed by atoms with E-state index in [0.29, 0.717) is 12.1 Å². The second-order valence-corrected chi connectivity index (χ2v) is 24.0. The quantitative estimate of drug-likeness (QED) is 0.178. The Labute approximate surface area is 213 Å². The van der Waals surface area contributed by atoms with Crippen LogP contribution in [-0.2, 0) is 9.53 Å². The fourth-order valence-electron chi connectivity index (χ4n) is 6.61. The van der Waals surface area contributed by atoms with Crippen molar-refractivity contribution in [3.05, 3.63) is 39.5 Å². The minimum atomic E-state index is -2.26. The van der Waals surface area contributed by atoms with Crippen LogP contribution in [0, 0.1) is 5.92 Å². The Kier molecular flexibility index (Phi) is 11.0. The maximum absolute atomic E-state index is 12.8. The molecule has 0 saturated carbocycles. The van der Waals surface area contributed by atoms with Crippen LogP contribution in [-0.4, -0.2) is 55.5 Å². The van der Waals surface area contributed by atoms with Crippen LogP contribution >= 0.6 is 0 Å². The van der Waals surface area contributed by atoms with Gasteiger partial charge >= 0.3 is 214 Å². The number of fused-ring (bicyclic) bond motifs is 2. The molecule has 2 aliphatic rings. The summed E-state index contributed by atoms with van der Waals surface area (Å²) in [5.74, 6) is 0.194. The van der Waals surface area contributed by atoms with E-state index in [1.165, 1.54) is 69.4 Å². The molecule has 0 aliphatic carbocycles. The van der Waals surface area contributed by atoms with Crippen LogP contribution in [0.25, 0.3) is 6.08 Å². The topological polar surface area (TPSA) is 29.5 Å². The third kappa shape index (κ3) is 6.69. The standard InChI is InChI=1S/C18H22NO2.3C4H9.Sn/c1-4-12-5-7-13(8-6-12)15-11-14-9-10-16(19(14)2)17(15)18(20)21-3;3*1-3-4-2;/h1,4-8,14-17H,9-11H2,2-3H3;3*1,3-4H2,2H3;/t14-,15+,16+,17-;;;;/m0..../s1. The van der Waals surface area contributed by atoms with Crippen molar-refractivity contribution in [1.29, 1.82) is 0 Å². The summed E-state index contributed by atoms with van der Waals surface area (Å²) in [6, 6.07) is 10.1. The first kappa shape index (κ1) is 27.8. The summed E-state index contributed by atoms with van der Waals surface area (Å²) in [7, 11) is 3.73. The molecule has 0 spiro atoms. The number of hydrogen-bond acceptors (Lipinski definition) is 3. The third-order valence-corrected chi connectivity index (χ3v) is 22.9. The molecule has 3 nitrogen and oxygen atoms in total. The maximum atomic E-state index is 12.8. The van der Waals surface area contributed by atoms with Gasteiger partial charge in [-0.05, 0) is 0 Å². The summed E-state index contributed by atoms with van der Waals surface area (Å²) < 4.78 is 12.6. The molecule has 3 rings (SSSR count). The Morgan fingerprint density at radius 2 is 1.59 bits per heavy atom. The van der Waals surface area contributed by atoms with E-state index in [4.69, 9.17) is 4.74 Å². The predicted octanol–water partition coefficient (Wildman–Crippen LogP) is 7.83. The summed E-state index contributed by atoms with van der Waals surface area (Å²) in [5, 5.41) is 0. The van der Waals surface area contributed by atoms with Crippen molar-refractivity contribution >= 4 is 30.4 Å². The van der Waals surface area contributed by atoms with E-state index in [-0.39, 0.29) is 17.8 Å². The first-order valence-corrected chi connectivity index (χ1v) is 21.8. The third-order valence-electron chi connectivity index (χ3n) is 8.82. The minimum absolute atomic E-state index is 0.0344. The number of carbonyl (C=O) groups excluding carboxylic acids is 1. The van der Waals surface area contributed by atoms with Crippen LogP contribution in [0.2, 0.25) is 13.3 Å². The molecular weight excluding hydrogens is 525 g/mol. The van der Waals surface area contributed by atoms with Crippen molar-refractivity contribution in [3.63, 3.8) is 0 Å². The van der Waals surface area contributed by atoms with Gasteiger partial charge in [0.1, 0.15) is 0 Å². The Bertz CT molecular complexity index is 768. The molecular formula is C30H49NO2Sn. The monoisotopic (exact) mass is 575 g/mol. The number of rotatable bonds is 13. The molecule has 1 aromatic carbocycles. The Morgan fingerprint density at radius 1 is 1.00 bits per heavy atom. The van der Waals surface area contributed by atoms with Gasteiger partial charge in [0, 0.05) is 0 Å². The molecule has 2 aliphatic heterocycles. The van der Waals surface area contributed by atoms with Gasteiger partial charge in [0.25, 0.3) is 0 Å². The number of esters is 1. The molecule has 2 bridgehead atoms. The molecule has 1 aromatic rings.